The highest BCUT2D eigenvalue weighted by Crippen LogP contribution is 2.32. The molecule has 2 atom stereocenters. The highest BCUT2D eigenvalue weighted by atomic mass is 35.5. The van der Waals surface area contributed by atoms with Crippen molar-refractivity contribution in [1.82, 2.24) is 5.43 Å². The normalized spacial score (nSPS) is 24.4. The molecule has 0 radical (unpaired) electrons. The molecule has 5 heteroatoms. The second-order valence-corrected chi connectivity index (χ2v) is 5.93. The van der Waals surface area contributed by atoms with Gasteiger partial charge in [0.2, 0.25) is 0 Å². The van der Waals surface area contributed by atoms with Crippen molar-refractivity contribution in [3.8, 4) is 5.75 Å². The summed E-state index contributed by atoms with van der Waals surface area (Å²) >= 11 is 6.08. The summed E-state index contributed by atoms with van der Waals surface area (Å²) in [6.45, 7) is 2.91. The summed E-state index contributed by atoms with van der Waals surface area (Å²) in [6.07, 6.45) is 4.01. The third-order valence-electron chi connectivity index (χ3n) is 4.10. The minimum Gasteiger partial charge on any atom is -0.496 e. The molecule has 3 N–H and O–H groups in total. The molecule has 0 bridgehead atoms. The molecule has 1 fully saturated rings. The quantitative estimate of drug-likeness (QED) is 0.648. The lowest BCUT2D eigenvalue weighted by molar-refractivity contribution is -0.0885. The average molecular weight is 299 g/mol. The van der Waals surface area contributed by atoms with E-state index < -0.39 is 0 Å². The van der Waals surface area contributed by atoms with Gasteiger partial charge in [0.25, 0.3) is 0 Å². The molecule has 20 heavy (non-hydrogen) atoms. The van der Waals surface area contributed by atoms with Crippen LogP contribution in [-0.2, 0) is 11.2 Å². The lowest BCUT2D eigenvalue weighted by Gasteiger charge is -2.40. The monoisotopic (exact) mass is 298 g/mol. The lowest BCUT2D eigenvalue weighted by atomic mass is 9.85. The van der Waals surface area contributed by atoms with Gasteiger partial charge in [-0.05, 0) is 56.4 Å². The van der Waals surface area contributed by atoms with Crippen LogP contribution in [0, 0.1) is 0 Å². The van der Waals surface area contributed by atoms with Crippen LogP contribution in [0.2, 0.25) is 5.02 Å². The zero-order valence-electron chi connectivity index (χ0n) is 12.1. The van der Waals surface area contributed by atoms with E-state index in [0.717, 1.165) is 37.2 Å². The van der Waals surface area contributed by atoms with Crippen LogP contribution in [0.1, 0.15) is 31.7 Å². The van der Waals surface area contributed by atoms with Crippen LogP contribution in [0.4, 0.5) is 0 Å². The van der Waals surface area contributed by atoms with Crippen LogP contribution in [0.25, 0.3) is 0 Å². The molecule has 4 nitrogen and oxygen atoms in total. The number of ether oxygens (including phenoxy) is 2. The first kappa shape index (κ1) is 15.6. The van der Waals surface area contributed by atoms with Gasteiger partial charge in [-0.1, -0.05) is 11.6 Å². The number of rotatable bonds is 5. The smallest absolute Gasteiger partial charge is 0.122 e. The molecule has 1 aromatic carbocycles. The van der Waals surface area contributed by atoms with Crippen molar-refractivity contribution in [2.75, 3.05) is 13.7 Å². The summed E-state index contributed by atoms with van der Waals surface area (Å²) in [5, 5.41) is 0.700. The topological polar surface area (TPSA) is 56.5 Å². The Hall–Kier alpha value is -0.810. The van der Waals surface area contributed by atoms with Crippen molar-refractivity contribution in [3.63, 3.8) is 0 Å². The van der Waals surface area contributed by atoms with Gasteiger partial charge >= 0.3 is 0 Å². The molecule has 0 aliphatic carbocycles. The molecular formula is C15H23ClN2O2. The van der Waals surface area contributed by atoms with Crippen molar-refractivity contribution in [2.24, 2.45) is 5.84 Å². The summed E-state index contributed by atoms with van der Waals surface area (Å²) in [4.78, 5) is 0. The summed E-state index contributed by atoms with van der Waals surface area (Å²) in [7, 11) is 1.66. The summed E-state index contributed by atoms with van der Waals surface area (Å²) < 4.78 is 11.4. The van der Waals surface area contributed by atoms with E-state index in [2.05, 4.69) is 12.3 Å². The Balaban J connectivity index is 2.19. The van der Waals surface area contributed by atoms with Gasteiger partial charge in [0.15, 0.2) is 0 Å². The van der Waals surface area contributed by atoms with E-state index in [9.17, 15) is 0 Å². The molecule has 0 saturated carbocycles. The highest BCUT2D eigenvalue weighted by Gasteiger charge is 2.36. The zero-order valence-corrected chi connectivity index (χ0v) is 12.9. The van der Waals surface area contributed by atoms with Crippen LogP contribution < -0.4 is 16.0 Å². The Morgan fingerprint density at radius 3 is 2.90 bits per heavy atom. The largest absolute Gasteiger partial charge is 0.496 e. The van der Waals surface area contributed by atoms with E-state index in [1.807, 2.05) is 18.2 Å². The number of methoxy groups -OCH3 is 1. The van der Waals surface area contributed by atoms with Crippen LogP contribution in [-0.4, -0.2) is 25.4 Å². The van der Waals surface area contributed by atoms with E-state index >= 15 is 0 Å². The van der Waals surface area contributed by atoms with E-state index in [4.69, 9.17) is 26.9 Å². The number of hydrogen-bond donors (Lipinski definition) is 2. The second kappa shape index (κ2) is 6.76. The van der Waals surface area contributed by atoms with Crippen molar-refractivity contribution in [3.05, 3.63) is 28.8 Å². The highest BCUT2D eigenvalue weighted by molar-refractivity contribution is 6.30. The fourth-order valence-electron chi connectivity index (χ4n) is 2.81. The first-order chi connectivity index (χ1) is 9.59. The van der Waals surface area contributed by atoms with Crippen molar-refractivity contribution in [2.45, 2.75) is 44.2 Å². The summed E-state index contributed by atoms with van der Waals surface area (Å²) in [5.74, 6) is 6.59. The van der Waals surface area contributed by atoms with E-state index in [1.165, 1.54) is 6.42 Å². The van der Waals surface area contributed by atoms with E-state index in [0.29, 0.717) is 5.02 Å². The number of hydrazine groups is 1. The van der Waals surface area contributed by atoms with Crippen molar-refractivity contribution in [1.29, 1.82) is 0 Å². The Morgan fingerprint density at radius 1 is 1.50 bits per heavy atom. The molecule has 0 spiro atoms. The molecule has 1 aromatic rings. The first-order valence-corrected chi connectivity index (χ1v) is 7.39. The minimum atomic E-state index is -0.250. The maximum absolute atomic E-state index is 6.08. The van der Waals surface area contributed by atoms with Crippen LogP contribution in [0.5, 0.6) is 5.75 Å². The van der Waals surface area contributed by atoms with Gasteiger partial charge in [-0.3, -0.25) is 11.3 Å². The summed E-state index contributed by atoms with van der Waals surface area (Å²) in [5.41, 5.74) is 3.70. The lowest BCUT2D eigenvalue weighted by Crippen LogP contribution is -2.55. The molecule has 1 saturated heterocycles. The Kier molecular flexibility index (Phi) is 5.27. The van der Waals surface area contributed by atoms with Gasteiger partial charge in [-0.15, -0.1) is 0 Å². The van der Waals surface area contributed by atoms with Gasteiger partial charge in [0.1, 0.15) is 5.75 Å². The number of benzene rings is 1. The van der Waals surface area contributed by atoms with Crippen LogP contribution in [0.15, 0.2) is 18.2 Å². The fourth-order valence-corrected chi connectivity index (χ4v) is 3.00. The second-order valence-electron chi connectivity index (χ2n) is 5.50. The predicted molar refractivity (Wildman–Crippen MR) is 81.0 cm³/mol. The maximum atomic E-state index is 6.08. The van der Waals surface area contributed by atoms with Crippen LogP contribution in [0.3, 0.4) is 0 Å². The third kappa shape index (κ3) is 3.44. The molecule has 1 heterocycles. The molecule has 1 aliphatic rings. The van der Waals surface area contributed by atoms with Gasteiger partial charge in [-0.2, -0.15) is 0 Å². The van der Waals surface area contributed by atoms with Crippen LogP contribution >= 0.6 is 11.6 Å². The zero-order chi connectivity index (χ0) is 14.6. The summed E-state index contributed by atoms with van der Waals surface area (Å²) in [6, 6.07) is 5.66. The van der Waals surface area contributed by atoms with Gasteiger partial charge in [0, 0.05) is 11.6 Å². The number of halogens is 1. The fraction of sp³-hybridized carbons (Fsp3) is 0.600. The standard InChI is InChI=1S/C15H23ClN2O2/c1-15(7-3-4-8-20-15)14(18-17)10-11-9-12(16)5-6-13(11)19-2/h5-6,9,14,18H,3-4,7-8,10,17H2,1-2H3. The third-order valence-corrected chi connectivity index (χ3v) is 4.34. The minimum absolute atomic E-state index is 0.0233. The van der Waals surface area contributed by atoms with E-state index in [-0.39, 0.29) is 11.6 Å². The number of hydrogen-bond acceptors (Lipinski definition) is 4. The average Bonchev–Trinajstić information content (AvgIpc) is 2.45. The van der Waals surface area contributed by atoms with Gasteiger partial charge in [-0.25, -0.2) is 0 Å². The predicted octanol–water partition coefficient (Wildman–Crippen LogP) is 2.68. The molecule has 1 aliphatic heterocycles. The Bertz CT molecular complexity index is 447. The molecule has 2 rings (SSSR count). The number of nitrogens with two attached hydrogens (primary N) is 1. The molecule has 112 valence electrons. The van der Waals surface area contributed by atoms with Crippen molar-refractivity contribution >= 4 is 11.6 Å². The Labute approximate surface area is 125 Å². The SMILES string of the molecule is COc1ccc(Cl)cc1CC(NN)C1(C)CCCCO1. The van der Waals surface area contributed by atoms with Gasteiger partial charge in [0.05, 0.1) is 18.8 Å². The molecule has 2 unspecified atom stereocenters. The van der Waals surface area contributed by atoms with Crippen molar-refractivity contribution < 1.29 is 9.47 Å². The molecule has 0 aromatic heterocycles. The first-order valence-electron chi connectivity index (χ1n) is 7.01. The Morgan fingerprint density at radius 2 is 2.30 bits per heavy atom. The van der Waals surface area contributed by atoms with E-state index in [1.54, 1.807) is 7.11 Å². The maximum Gasteiger partial charge on any atom is 0.122 e. The molecular weight excluding hydrogens is 276 g/mol. The molecule has 0 amide bonds. The number of nitrogens with one attached hydrogen (secondary N) is 1. The van der Waals surface area contributed by atoms with Gasteiger partial charge < -0.3 is 9.47 Å².